The summed E-state index contributed by atoms with van der Waals surface area (Å²) in [6, 6.07) is 4.90. The van der Waals surface area contributed by atoms with Crippen molar-refractivity contribution in [3.8, 4) is 0 Å². The number of hydrogen-bond acceptors (Lipinski definition) is 2. The third-order valence-electron chi connectivity index (χ3n) is 2.44. The number of fused-ring (bicyclic) bond motifs is 1. The van der Waals surface area contributed by atoms with E-state index in [1.165, 1.54) is 18.5 Å². The number of nitrogens with zero attached hydrogens (tertiary/aromatic N) is 2. The Labute approximate surface area is 90.3 Å². The lowest BCUT2D eigenvalue weighted by atomic mass is 10.3. The summed E-state index contributed by atoms with van der Waals surface area (Å²) >= 11 is 3.42. The van der Waals surface area contributed by atoms with E-state index in [1.54, 1.807) is 6.33 Å². The summed E-state index contributed by atoms with van der Waals surface area (Å²) in [5, 5.41) is 3.46. The first-order valence-corrected chi connectivity index (χ1v) is 5.51. The minimum absolute atomic E-state index is 0.694. The van der Waals surface area contributed by atoms with Gasteiger partial charge in [0, 0.05) is 17.9 Å². The molecule has 2 aromatic rings. The Kier molecular flexibility index (Phi) is 1.77. The van der Waals surface area contributed by atoms with Crippen LogP contribution in [0, 0.1) is 0 Å². The number of pyridine rings is 1. The number of rotatable bonds is 2. The second-order valence-corrected chi connectivity index (χ2v) is 4.41. The Bertz CT molecular complexity index is 473. The highest BCUT2D eigenvalue weighted by Gasteiger charge is 2.20. The van der Waals surface area contributed by atoms with Crippen LogP contribution in [0.3, 0.4) is 0 Å². The summed E-state index contributed by atoms with van der Waals surface area (Å²) in [6.45, 7) is 0. The van der Waals surface area contributed by atoms with Crippen LogP contribution in [-0.2, 0) is 0 Å². The topological polar surface area (TPSA) is 29.3 Å². The second-order valence-electron chi connectivity index (χ2n) is 3.66. The highest BCUT2D eigenvalue weighted by molar-refractivity contribution is 9.10. The molecule has 0 saturated heterocycles. The minimum atomic E-state index is 0.694. The molecule has 0 aliphatic heterocycles. The van der Waals surface area contributed by atoms with Crippen LogP contribution in [0.25, 0.3) is 5.52 Å². The van der Waals surface area contributed by atoms with Crippen LogP contribution in [0.5, 0.6) is 0 Å². The summed E-state index contributed by atoms with van der Waals surface area (Å²) < 4.78 is 2.90. The van der Waals surface area contributed by atoms with Gasteiger partial charge in [0.25, 0.3) is 0 Å². The lowest BCUT2D eigenvalue weighted by Gasteiger charge is -2.04. The van der Waals surface area contributed by atoms with Gasteiger partial charge in [0.2, 0.25) is 0 Å². The van der Waals surface area contributed by atoms with Gasteiger partial charge in [0.1, 0.15) is 10.9 Å². The fraction of sp³-hybridized carbons (Fsp3) is 0.300. The van der Waals surface area contributed by atoms with Crippen LogP contribution in [0.15, 0.2) is 29.3 Å². The molecular weight excluding hydrogens is 242 g/mol. The normalized spacial score (nSPS) is 16.1. The van der Waals surface area contributed by atoms with Crippen LogP contribution in [0.1, 0.15) is 12.8 Å². The molecule has 3 nitrogen and oxygen atoms in total. The van der Waals surface area contributed by atoms with Crippen LogP contribution in [0.4, 0.5) is 5.69 Å². The molecular formula is C10H10BrN3. The van der Waals surface area contributed by atoms with E-state index in [9.17, 15) is 0 Å². The van der Waals surface area contributed by atoms with Crippen LogP contribution in [-0.4, -0.2) is 15.4 Å². The van der Waals surface area contributed by atoms with Crippen molar-refractivity contribution in [2.24, 2.45) is 0 Å². The number of hydrogen-bond donors (Lipinski definition) is 1. The van der Waals surface area contributed by atoms with Crippen LogP contribution in [0.2, 0.25) is 0 Å². The molecule has 0 atom stereocenters. The van der Waals surface area contributed by atoms with E-state index in [1.807, 2.05) is 10.6 Å². The fourth-order valence-electron chi connectivity index (χ4n) is 1.51. The summed E-state index contributed by atoms with van der Waals surface area (Å²) in [6.07, 6.45) is 6.43. The maximum atomic E-state index is 4.18. The molecule has 0 aromatic carbocycles. The van der Waals surface area contributed by atoms with Gasteiger partial charge < -0.3 is 9.72 Å². The zero-order valence-corrected chi connectivity index (χ0v) is 9.16. The van der Waals surface area contributed by atoms with Gasteiger partial charge in [-0.05, 0) is 40.9 Å². The molecule has 0 bridgehead atoms. The molecule has 2 heterocycles. The minimum Gasteiger partial charge on any atom is -0.382 e. The summed E-state index contributed by atoms with van der Waals surface area (Å²) in [5.74, 6) is 0. The SMILES string of the molecule is Brc1ncn2ccc(NC3CC3)cc12. The number of nitrogens with one attached hydrogen (secondary N) is 1. The summed E-state index contributed by atoms with van der Waals surface area (Å²) in [7, 11) is 0. The molecule has 0 amide bonds. The number of anilines is 1. The Balaban J connectivity index is 2.03. The maximum absolute atomic E-state index is 4.18. The Morgan fingerprint density at radius 1 is 1.50 bits per heavy atom. The Morgan fingerprint density at radius 2 is 2.36 bits per heavy atom. The first-order valence-electron chi connectivity index (χ1n) is 4.72. The van der Waals surface area contributed by atoms with Gasteiger partial charge in [-0.3, -0.25) is 0 Å². The van der Waals surface area contributed by atoms with E-state index in [-0.39, 0.29) is 0 Å². The quantitative estimate of drug-likeness (QED) is 0.890. The fourth-order valence-corrected chi connectivity index (χ4v) is 1.92. The maximum Gasteiger partial charge on any atom is 0.131 e. The predicted octanol–water partition coefficient (Wildman–Crippen LogP) is 2.67. The van der Waals surface area contributed by atoms with E-state index < -0.39 is 0 Å². The summed E-state index contributed by atoms with van der Waals surface area (Å²) in [5.41, 5.74) is 2.29. The third-order valence-corrected chi connectivity index (χ3v) is 3.05. The van der Waals surface area contributed by atoms with Gasteiger partial charge in [0.15, 0.2) is 0 Å². The molecule has 1 aliphatic rings. The van der Waals surface area contributed by atoms with Gasteiger partial charge in [-0.1, -0.05) is 0 Å². The second kappa shape index (κ2) is 2.98. The van der Waals surface area contributed by atoms with E-state index >= 15 is 0 Å². The standard InChI is InChI=1S/C10H10BrN3/c11-10-9-5-8(13-7-1-2-7)3-4-14(9)6-12-10/h3-7,13H,1-2H2. The molecule has 2 aromatic heterocycles. The van der Waals surface area contributed by atoms with E-state index in [0.717, 1.165) is 10.1 Å². The van der Waals surface area contributed by atoms with E-state index in [2.05, 4.69) is 38.4 Å². The monoisotopic (exact) mass is 251 g/mol. The largest absolute Gasteiger partial charge is 0.382 e. The average molecular weight is 252 g/mol. The molecule has 3 rings (SSSR count). The molecule has 0 unspecified atom stereocenters. The molecule has 0 radical (unpaired) electrons. The highest BCUT2D eigenvalue weighted by atomic mass is 79.9. The first kappa shape index (κ1) is 8.29. The molecule has 1 aliphatic carbocycles. The smallest absolute Gasteiger partial charge is 0.131 e. The summed E-state index contributed by atoms with van der Waals surface area (Å²) in [4.78, 5) is 4.18. The molecule has 1 N–H and O–H groups in total. The lowest BCUT2D eigenvalue weighted by molar-refractivity contribution is 1.13. The van der Waals surface area contributed by atoms with Gasteiger partial charge in [-0.25, -0.2) is 4.98 Å². The number of aromatic nitrogens is 2. The van der Waals surface area contributed by atoms with Crippen molar-refractivity contribution in [3.05, 3.63) is 29.3 Å². The van der Waals surface area contributed by atoms with Crippen molar-refractivity contribution >= 4 is 27.1 Å². The van der Waals surface area contributed by atoms with Crippen molar-refractivity contribution in [1.82, 2.24) is 9.38 Å². The average Bonchev–Trinajstić information content (AvgIpc) is 2.92. The molecule has 1 fully saturated rings. The number of halogens is 1. The van der Waals surface area contributed by atoms with Gasteiger partial charge in [-0.15, -0.1) is 0 Å². The molecule has 4 heteroatoms. The highest BCUT2D eigenvalue weighted by Crippen LogP contribution is 2.26. The van der Waals surface area contributed by atoms with Crippen molar-refractivity contribution < 1.29 is 0 Å². The van der Waals surface area contributed by atoms with E-state index in [0.29, 0.717) is 6.04 Å². The zero-order valence-electron chi connectivity index (χ0n) is 7.57. The van der Waals surface area contributed by atoms with Gasteiger partial charge in [-0.2, -0.15) is 0 Å². The van der Waals surface area contributed by atoms with Crippen LogP contribution >= 0.6 is 15.9 Å². The zero-order chi connectivity index (χ0) is 9.54. The predicted molar refractivity (Wildman–Crippen MR) is 59.5 cm³/mol. The molecule has 14 heavy (non-hydrogen) atoms. The van der Waals surface area contributed by atoms with Crippen molar-refractivity contribution in [2.75, 3.05) is 5.32 Å². The third kappa shape index (κ3) is 1.39. The van der Waals surface area contributed by atoms with E-state index in [4.69, 9.17) is 0 Å². The number of imidazole rings is 1. The Hall–Kier alpha value is -1.03. The lowest BCUT2D eigenvalue weighted by Crippen LogP contribution is -2.00. The van der Waals surface area contributed by atoms with Crippen LogP contribution < -0.4 is 5.32 Å². The van der Waals surface area contributed by atoms with Crippen molar-refractivity contribution in [1.29, 1.82) is 0 Å². The molecule has 0 spiro atoms. The first-order chi connectivity index (χ1) is 6.83. The van der Waals surface area contributed by atoms with Crippen molar-refractivity contribution in [3.63, 3.8) is 0 Å². The van der Waals surface area contributed by atoms with Crippen molar-refractivity contribution in [2.45, 2.75) is 18.9 Å². The molecule has 1 saturated carbocycles. The van der Waals surface area contributed by atoms with Gasteiger partial charge >= 0.3 is 0 Å². The van der Waals surface area contributed by atoms with Gasteiger partial charge in [0.05, 0.1) is 5.52 Å². The Morgan fingerprint density at radius 3 is 3.14 bits per heavy atom. The molecule has 72 valence electrons.